The molecule has 1 aromatic carbocycles. The van der Waals surface area contributed by atoms with E-state index in [4.69, 9.17) is 9.15 Å². The molecule has 2 atom stereocenters. The molecular formula is C17H20N2O5. The molecule has 3 rings (SSSR count). The van der Waals surface area contributed by atoms with Gasteiger partial charge in [-0.2, -0.15) is 0 Å². The minimum Gasteiger partial charge on any atom is -0.467 e. The van der Waals surface area contributed by atoms with Crippen molar-refractivity contribution in [3.63, 3.8) is 0 Å². The Balaban J connectivity index is 1.64. The van der Waals surface area contributed by atoms with Gasteiger partial charge < -0.3 is 14.3 Å². The second-order valence-electron chi connectivity index (χ2n) is 5.89. The highest BCUT2D eigenvalue weighted by Gasteiger charge is 2.27. The molecule has 7 heteroatoms. The lowest BCUT2D eigenvalue weighted by Crippen LogP contribution is -2.45. The average Bonchev–Trinajstić information content (AvgIpc) is 3.12. The highest BCUT2D eigenvalue weighted by Crippen LogP contribution is 2.24. The number of nitro benzene ring substituents is 1. The predicted octanol–water partition coefficient (Wildman–Crippen LogP) is 2.51. The molecule has 0 saturated carbocycles. The molecule has 7 nitrogen and oxygen atoms in total. The molecule has 0 aliphatic carbocycles. The quantitative estimate of drug-likeness (QED) is 0.646. The molecule has 2 aromatic rings. The number of aliphatic hydroxyl groups is 1. The molecule has 1 N–H and O–H groups in total. The zero-order chi connectivity index (χ0) is 16.9. The Morgan fingerprint density at radius 3 is 2.79 bits per heavy atom. The van der Waals surface area contributed by atoms with Crippen molar-refractivity contribution in [3.8, 4) is 0 Å². The van der Waals surface area contributed by atoms with Crippen molar-refractivity contribution in [1.82, 2.24) is 4.90 Å². The van der Waals surface area contributed by atoms with E-state index >= 15 is 0 Å². The number of furan rings is 1. The molecule has 1 saturated heterocycles. The fourth-order valence-electron chi connectivity index (χ4n) is 2.93. The number of benzene rings is 1. The van der Waals surface area contributed by atoms with E-state index in [0.717, 1.165) is 12.1 Å². The highest BCUT2D eigenvalue weighted by atomic mass is 16.6. The van der Waals surface area contributed by atoms with Gasteiger partial charge in [-0.15, -0.1) is 0 Å². The first-order valence-electron chi connectivity index (χ1n) is 7.90. The number of hydrogen-bond donors (Lipinski definition) is 1. The molecule has 0 radical (unpaired) electrons. The van der Waals surface area contributed by atoms with Crippen molar-refractivity contribution in [1.29, 1.82) is 0 Å². The van der Waals surface area contributed by atoms with Crippen LogP contribution >= 0.6 is 0 Å². The Kier molecular flexibility index (Phi) is 5.24. The summed E-state index contributed by atoms with van der Waals surface area (Å²) in [6.07, 6.45) is 1.39. The largest absolute Gasteiger partial charge is 0.467 e. The summed E-state index contributed by atoms with van der Waals surface area (Å²) in [5.41, 5.74) is 1.09. The maximum atomic E-state index is 10.7. The normalized spacial score (nSPS) is 20.0. The summed E-state index contributed by atoms with van der Waals surface area (Å²) in [5.74, 6) is 0.552. The maximum Gasteiger partial charge on any atom is 0.269 e. The molecule has 1 fully saturated rings. The number of non-ortho nitro benzene ring substituents is 1. The number of morpholine rings is 1. The van der Waals surface area contributed by atoms with E-state index in [1.165, 1.54) is 12.1 Å². The van der Waals surface area contributed by atoms with E-state index in [-0.39, 0.29) is 11.7 Å². The van der Waals surface area contributed by atoms with E-state index in [0.29, 0.717) is 31.9 Å². The molecule has 1 aliphatic rings. The first-order chi connectivity index (χ1) is 11.6. The molecule has 0 amide bonds. The van der Waals surface area contributed by atoms with Crippen molar-refractivity contribution in [3.05, 3.63) is 64.1 Å². The van der Waals surface area contributed by atoms with Crippen LogP contribution in [0.2, 0.25) is 0 Å². The van der Waals surface area contributed by atoms with Gasteiger partial charge in [0.2, 0.25) is 0 Å². The molecule has 0 spiro atoms. The second kappa shape index (κ2) is 7.57. The predicted molar refractivity (Wildman–Crippen MR) is 86.4 cm³/mol. The number of aliphatic hydroxyl groups excluding tert-OH is 1. The van der Waals surface area contributed by atoms with Crippen LogP contribution in [0.25, 0.3) is 0 Å². The van der Waals surface area contributed by atoms with Crippen LogP contribution in [0.15, 0.2) is 47.1 Å². The average molecular weight is 332 g/mol. The minimum atomic E-state index is -0.675. The summed E-state index contributed by atoms with van der Waals surface area (Å²) in [5, 5.41) is 21.0. The van der Waals surface area contributed by atoms with Gasteiger partial charge in [0.1, 0.15) is 11.9 Å². The molecule has 2 heterocycles. The van der Waals surface area contributed by atoms with E-state index < -0.39 is 11.0 Å². The van der Waals surface area contributed by atoms with Crippen molar-refractivity contribution < 1.29 is 19.2 Å². The first-order valence-corrected chi connectivity index (χ1v) is 7.90. The summed E-state index contributed by atoms with van der Waals surface area (Å²) >= 11 is 0. The number of hydrogen-bond acceptors (Lipinski definition) is 6. The molecule has 128 valence electrons. The third-order valence-corrected chi connectivity index (χ3v) is 4.25. The van der Waals surface area contributed by atoms with Gasteiger partial charge in [0.15, 0.2) is 0 Å². The monoisotopic (exact) mass is 332 g/mol. The molecule has 0 bridgehead atoms. The van der Waals surface area contributed by atoms with Gasteiger partial charge >= 0.3 is 0 Å². The fourth-order valence-corrected chi connectivity index (χ4v) is 2.93. The van der Waals surface area contributed by atoms with Crippen molar-refractivity contribution in [2.24, 2.45) is 0 Å². The standard InChI is InChI=1S/C17H20N2O5/c20-16(17-2-1-8-24-17)10-15-12-23-9-7-18(15)11-13-3-5-14(6-4-13)19(21)22/h1-6,8,15-16,20H,7,9-12H2. The van der Waals surface area contributed by atoms with Gasteiger partial charge in [0.05, 0.1) is 24.4 Å². The van der Waals surface area contributed by atoms with Crippen molar-refractivity contribution >= 4 is 5.69 Å². The minimum absolute atomic E-state index is 0.0639. The van der Waals surface area contributed by atoms with E-state index in [1.54, 1.807) is 30.5 Å². The number of rotatable bonds is 6. The summed E-state index contributed by atoms with van der Waals surface area (Å²) in [6, 6.07) is 10.2. The molecule has 1 aromatic heterocycles. The van der Waals surface area contributed by atoms with Crippen molar-refractivity contribution in [2.45, 2.75) is 25.1 Å². The smallest absolute Gasteiger partial charge is 0.269 e. The van der Waals surface area contributed by atoms with Gasteiger partial charge in [0.25, 0.3) is 5.69 Å². The third kappa shape index (κ3) is 4.00. The van der Waals surface area contributed by atoms with Crippen LogP contribution in [0.3, 0.4) is 0 Å². The molecule has 2 unspecified atom stereocenters. The van der Waals surface area contributed by atoms with E-state index in [2.05, 4.69) is 4.90 Å². The molecule has 1 aliphatic heterocycles. The van der Waals surface area contributed by atoms with Gasteiger partial charge in [-0.05, 0) is 24.1 Å². The fraction of sp³-hybridized carbons (Fsp3) is 0.412. The zero-order valence-corrected chi connectivity index (χ0v) is 13.2. The number of nitrogens with zero attached hydrogens (tertiary/aromatic N) is 2. The highest BCUT2D eigenvalue weighted by molar-refractivity contribution is 5.32. The van der Waals surface area contributed by atoms with Crippen molar-refractivity contribution in [2.75, 3.05) is 19.8 Å². The van der Waals surface area contributed by atoms with Crippen LogP contribution < -0.4 is 0 Å². The van der Waals surface area contributed by atoms with E-state index in [1.807, 2.05) is 0 Å². The Morgan fingerprint density at radius 1 is 1.33 bits per heavy atom. The van der Waals surface area contributed by atoms with Crippen LogP contribution in [-0.4, -0.2) is 40.7 Å². The topological polar surface area (TPSA) is 89.0 Å². The van der Waals surface area contributed by atoms with Gasteiger partial charge in [-0.25, -0.2) is 0 Å². The van der Waals surface area contributed by atoms with Crippen LogP contribution in [0.4, 0.5) is 5.69 Å². The number of nitro groups is 1. The zero-order valence-electron chi connectivity index (χ0n) is 13.2. The summed E-state index contributed by atoms with van der Waals surface area (Å²) in [6.45, 7) is 2.61. The lowest BCUT2D eigenvalue weighted by Gasteiger charge is -2.36. The van der Waals surface area contributed by atoms with Crippen LogP contribution in [0, 0.1) is 10.1 Å². The third-order valence-electron chi connectivity index (χ3n) is 4.25. The van der Waals surface area contributed by atoms with Gasteiger partial charge in [-0.1, -0.05) is 12.1 Å². The lowest BCUT2D eigenvalue weighted by atomic mass is 10.0. The maximum absolute atomic E-state index is 10.7. The van der Waals surface area contributed by atoms with E-state index in [9.17, 15) is 15.2 Å². The summed E-state index contributed by atoms with van der Waals surface area (Å²) < 4.78 is 10.8. The van der Waals surface area contributed by atoms with Gasteiger partial charge in [-0.3, -0.25) is 15.0 Å². The first kappa shape index (κ1) is 16.6. The Labute approximate surface area is 139 Å². The molecular weight excluding hydrogens is 312 g/mol. The van der Waals surface area contributed by atoms with Crippen LogP contribution in [0.1, 0.15) is 23.8 Å². The van der Waals surface area contributed by atoms with Crippen LogP contribution in [0.5, 0.6) is 0 Å². The SMILES string of the molecule is O=[N+]([O-])c1ccc(CN2CCOCC2CC(O)c2ccco2)cc1. The lowest BCUT2D eigenvalue weighted by molar-refractivity contribution is -0.384. The Morgan fingerprint density at radius 2 is 2.12 bits per heavy atom. The van der Waals surface area contributed by atoms with Gasteiger partial charge in [0, 0.05) is 31.3 Å². The number of ether oxygens (including phenoxy) is 1. The Hall–Kier alpha value is -2.22. The summed E-state index contributed by atoms with van der Waals surface area (Å²) in [4.78, 5) is 12.6. The molecule has 24 heavy (non-hydrogen) atoms. The van der Waals surface area contributed by atoms with Crippen LogP contribution in [-0.2, 0) is 11.3 Å². The second-order valence-corrected chi connectivity index (χ2v) is 5.89. The Bertz CT molecular complexity index is 656. The summed E-state index contributed by atoms with van der Waals surface area (Å²) in [7, 11) is 0.